The molecule has 16 heavy (non-hydrogen) atoms. The standard InChI is InChI=1S/C14H18O2/c15-13(9-10-5-6-10)11-7-8-16-14-4-2-1-3-12(11)14/h1-4,10-11,13,15H,5-9H2. The molecular formula is C14H18O2. The quantitative estimate of drug-likeness (QED) is 0.845. The molecule has 0 bridgehead atoms. The Morgan fingerprint density at radius 2 is 2.06 bits per heavy atom. The molecule has 1 N–H and O–H groups in total. The lowest BCUT2D eigenvalue weighted by Gasteiger charge is -2.29. The molecule has 3 rings (SSSR count). The van der Waals surface area contributed by atoms with Crippen molar-refractivity contribution in [3.63, 3.8) is 0 Å². The zero-order chi connectivity index (χ0) is 11.0. The van der Waals surface area contributed by atoms with Crippen molar-refractivity contribution >= 4 is 0 Å². The fourth-order valence-corrected chi connectivity index (χ4v) is 2.63. The lowest BCUT2D eigenvalue weighted by atomic mass is 9.86. The van der Waals surface area contributed by atoms with Gasteiger partial charge in [-0.25, -0.2) is 0 Å². The van der Waals surface area contributed by atoms with Crippen LogP contribution in [0.1, 0.15) is 37.2 Å². The third-order valence-corrected chi connectivity index (χ3v) is 3.74. The molecule has 2 aliphatic rings. The maximum atomic E-state index is 10.3. The average Bonchev–Trinajstić information content (AvgIpc) is 3.12. The van der Waals surface area contributed by atoms with E-state index in [1.165, 1.54) is 18.4 Å². The number of ether oxygens (including phenoxy) is 1. The first-order chi connectivity index (χ1) is 7.84. The van der Waals surface area contributed by atoms with Gasteiger partial charge in [0.05, 0.1) is 12.7 Å². The van der Waals surface area contributed by atoms with Gasteiger partial charge in [0.15, 0.2) is 0 Å². The first-order valence-corrected chi connectivity index (χ1v) is 6.24. The van der Waals surface area contributed by atoms with Gasteiger partial charge in [0.2, 0.25) is 0 Å². The number of para-hydroxylation sites is 1. The van der Waals surface area contributed by atoms with E-state index in [9.17, 15) is 5.11 Å². The molecule has 86 valence electrons. The molecule has 1 aromatic carbocycles. The smallest absolute Gasteiger partial charge is 0.122 e. The molecule has 1 aromatic rings. The fraction of sp³-hybridized carbons (Fsp3) is 0.571. The maximum Gasteiger partial charge on any atom is 0.122 e. The Bertz CT molecular complexity index is 371. The Kier molecular flexibility index (Phi) is 2.60. The van der Waals surface area contributed by atoms with Gasteiger partial charge >= 0.3 is 0 Å². The van der Waals surface area contributed by atoms with Gasteiger partial charge in [-0.1, -0.05) is 31.0 Å². The topological polar surface area (TPSA) is 29.5 Å². The molecule has 1 heterocycles. The Labute approximate surface area is 96.2 Å². The van der Waals surface area contributed by atoms with Crippen LogP contribution in [-0.2, 0) is 0 Å². The van der Waals surface area contributed by atoms with E-state index in [0.29, 0.717) is 0 Å². The molecule has 1 aliphatic heterocycles. The Morgan fingerprint density at radius 3 is 2.88 bits per heavy atom. The SMILES string of the molecule is OC(CC1CC1)C1CCOc2ccccc21. The summed E-state index contributed by atoms with van der Waals surface area (Å²) < 4.78 is 5.61. The van der Waals surface area contributed by atoms with Crippen molar-refractivity contribution in [1.82, 2.24) is 0 Å². The first kappa shape index (κ1) is 10.2. The van der Waals surface area contributed by atoms with Crippen LogP contribution >= 0.6 is 0 Å². The molecule has 2 atom stereocenters. The number of hydrogen-bond donors (Lipinski definition) is 1. The van der Waals surface area contributed by atoms with Gasteiger partial charge < -0.3 is 9.84 Å². The van der Waals surface area contributed by atoms with Crippen molar-refractivity contribution in [1.29, 1.82) is 0 Å². The molecule has 1 saturated carbocycles. The highest BCUT2D eigenvalue weighted by Gasteiger charge is 2.32. The normalized spacial score (nSPS) is 25.7. The molecule has 1 aliphatic carbocycles. The third kappa shape index (κ3) is 1.94. The van der Waals surface area contributed by atoms with Crippen LogP contribution < -0.4 is 4.74 Å². The number of aliphatic hydroxyl groups excluding tert-OH is 1. The van der Waals surface area contributed by atoms with Crippen molar-refractivity contribution < 1.29 is 9.84 Å². The van der Waals surface area contributed by atoms with Gasteiger partial charge in [-0.3, -0.25) is 0 Å². The van der Waals surface area contributed by atoms with Crippen LogP contribution in [0.3, 0.4) is 0 Å². The summed E-state index contributed by atoms with van der Waals surface area (Å²) >= 11 is 0. The van der Waals surface area contributed by atoms with Gasteiger partial charge in [0.1, 0.15) is 5.75 Å². The van der Waals surface area contributed by atoms with Crippen molar-refractivity contribution in [2.24, 2.45) is 5.92 Å². The molecule has 0 radical (unpaired) electrons. The third-order valence-electron chi connectivity index (χ3n) is 3.74. The number of rotatable bonds is 3. The van der Waals surface area contributed by atoms with Crippen LogP contribution in [-0.4, -0.2) is 17.8 Å². The molecule has 0 saturated heterocycles. The zero-order valence-electron chi connectivity index (χ0n) is 9.43. The van der Waals surface area contributed by atoms with E-state index in [1.54, 1.807) is 0 Å². The van der Waals surface area contributed by atoms with Gasteiger partial charge in [0, 0.05) is 5.92 Å². The summed E-state index contributed by atoms with van der Waals surface area (Å²) in [6.45, 7) is 0.739. The molecular weight excluding hydrogens is 200 g/mol. The van der Waals surface area contributed by atoms with E-state index in [-0.39, 0.29) is 12.0 Å². The van der Waals surface area contributed by atoms with E-state index in [2.05, 4.69) is 6.07 Å². The van der Waals surface area contributed by atoms with Crippen LogP contribution in [0, 0.1) is 5.92 Å². The van der Waals surface area contributed by atoms with Crippen LogP contribution in [0.4, 0.5) is 0 Å². The second-order valence-electron chi connectivity index (χ2n) is 5.03. The van der Waals surface area contributed by atoms with Gasteiger partial charge in [-0.05, 0) is 30.4 Å². The summed E-state index contributed by atoms with van der Waals surface area (Å²) in [7, 11) is 0. The highest BCUT2D eigenvalue weighted by molar-refractivity contribution is 5.38. The Balaban J connectivity index is 1.80. The summed E-state index contributed by atoms with van der Waals surface area (Å²) in [5, 5.41) is 10.3. The number of hydrogen-bond acceptors (Lipinski definition) is 2. The van der Waals surface area contributed by atoms with Crippen molar-refractivity contribution in [2.45, 2.75) is 37.7 Å². The summed E-state index contributed by atoms with van der Waals surface area (Å²) in [5.74, 6) is 2.03. The highest BCUT2D eigenvalue weighted by atomic mass is 16.5. The minimum absolute atomic E-state index is 0.183. The molecule has 2 heteroatoms. The van der Waals surface area contributed by atoms with Crippen LogP contribution in [0.2, 0.25) is 0 Å². The maximum absolute atomic E-state index is 10.3. The summed E-state index contributed by atoms with van der Waals surface area (Å²) in [6, 6.07) is 8.12. The zero-order valence-corrected chi connectivity index (χ0v) is 9.43. The molecule has 0 amide bonds. The van der Waals surface area contributed by atoms with E-state index < -0.39 is 0 Å². The summed E-state index contributed by atoms with van der Waals surface area (Å²) in [4.78, 5) is 0. The predicted molar refractivity (Wildman–Crippen MR) is 62.6 cm³/mol. The van der Waals surface area contributed by atoms with Crippen LogP contribution in [0.25, 0.3) is 0 Å². The fourth-order valence-electron chi connectivity index (χ4n) is 2.63. The lowest BCUT2D eigenvalue weighted by molar-refractivity contribution is 0.103. The largest absolute Gasteiger partial charge is 0.493 e. The number of benzene rings is 1. The minimum Gasteiger partial charge on any atom is -0.493 e. The first-order valence-electron chi connectivity index (χ1n) is 6.24. The van der Waals surface area contributed by atoms with E-state index in [0.717, 1.165) is 31.1 Å². The molecule has 1 fully saturated rings. The lowest BCUT2D eigenvalue weighted by Crippen LogP contribution is -2.25. The molecule has 2 unspecified atom stereocenters. The number of fused-ring (bicyclic) bond motifs is 1. The predicted octanol–water partition coefficient (Wildman–Crippen LogP) is 2.71. The Morgan fingerprint density at radius 1 is 1.25 bits per heavy atom. The van der Waals surface area contributed by atoms with Crippen LogP contribution in [0.15, 0.2) is 24.3 Å². The highest BCUT2D eigenvalue weighted by Crippen LogP contribution is 2.41. The summed E-state index contributed by atoms with van der Waals surface area (Å²) in [6.07, 6.45) is 4.35. The van der Waals surface area contributed by atoms with Crippen molar-refractivity contribution in [3.8, 4) is 5.75 Å². The van der Waals surface area contributed by atoms with E-state index in [4.69, 9.17) is 4.74 Å². The van der Waals surface area contributed by atoms with Crippen molar-refractivity contribution in [2.75, 3.05) is 6.61 Å². The number of aliphatic hydroxyl groups is 1. The second kappa shape index (κ2) is 4.10. The van der Waals surface area contributed by atoms with E-state index >= 15 is 0 Å². The van der Waals surface area contributed by atoms with Gasteiger partial charge in [0.25, 0.3) is 0 Å². The minimum atomic E-state index is -0.183. The van der Waals surface area contributed by atoms with Gasteiger partial charge in [-0.15, -0.1) is 0 Å². The van der Waals surface area contributed by atoms with Crippen LogP contribution in [0.5, 0.6) is 5.75 Å². The average molecular weight is 218 g/mol. The van der Waals surface area contributed by atoms with E-state index in [1.807, 2.05) is 18.2 Å². The molecule has 0 aromatic heterocycles. The summed E-state index contributed by atoms with van der Waals surface area (Å²) in [5.41, 5.74) is 1.20. The van der Waals surface area contributed by atoms with Gasteiger partial charge in [-0.2, -0.15) is 0 Å². The molecule has 0 spiro atoms. The molecule has 2 nitrogen and oxygen atoms in total. The monoisotopic (exact) mass is 218 g/mol. The Hall–Kier alpha value is -1.02. The second-order valence-corrected chi connectivity index (χ2v) is 5.03. The van der Waals surface area contributed by atoms with Crippen molar-refractivity contribution in [3.05, 3.63) is 29.8 Å².